The summed E-state index contributed by atoms with van der Waals surface area (Å²) < 4.78 is 12.3. The maximum atomic E-state index is 12.4. The molecule has 0 fully saturated rings. The number of carbonyl (C=O) groups is 1. The molecule has 5 rings (SSSR count). The number of benzene rings is 2. The summed E-state index contributed by atoms with van der Waals surface area (Å²) in [6.45, 7) is 0.189. The van der Waals surface area contributed by atoms with Gasteiger partial charge >= 0.3 is 0 Å². The Hall–Kier alpha value is -3.30. The Morgan fingerprint density at radius 3 is 2.93 bits per heavy atom. The molecule has 0 spiro atoms. The molecule has 0 atom stereocenters. The van der Waals surface area contributed by atoms with Crippen molar-refractivity contribution >= 4 is 46.0 Å². The molecule has 0 saturated heterocycles. The van der Waals surface area contributed by atoms with E-state index in [2.05, 4.69) is 20.4 Å². The van der Waals surface area contributed by atoms with E-state index < -0.39 is 0 Å². The lowest BCUT2D eigenvalue weighted by Crippen LogP contribution is -2.14. The summed E-state index contributed by atoms with van der Waals surface area (Å²) in [5.74, 6) is 1.30. The average Bonchev–Trinajstić information content (AvgIpc) is 3.39. The van der Waals surface area contributed by atoms with E-state index in [0.717, 1.165) is 11.1 Å². The first-order valence-electron chi connectivity index (χ1n) is 8.95. The Balaban J connectivity index is 1.32. The molecule has 4 aromatic rings. The van der Waals surface area contributed by atoms with Crippen LogP contribution in [0, 0.1) is 0 Å². The van der Waals surface area contributed by atoms with Crippen LogP contribution in [0.15, 0.2) is 60.0 Å². The molecule has 1 amide bonds. The van der Waals surface area contributed by atoms with Crippen LogP contribution in [0.4, 0.5) is 5.69 Å². The second kappa shape index (κ2) is 7.85. The Kier molecular flexibility index (Phi) is 4.89. The number of hydrogen-bond donors (Lipinski definition) is 1. The lowest BCUT2D eigenvalue weighted by Gasteiger charge is -2.07. The van der Waals surface area contributed by atoms with Gasteiger partial charge in [0.2, 0.25) is 12.7 Å². The van der Waals surface area contributed by atoms with Crippen LogP contribution in [-0.4, -0.2) is 38.2 Å². The average molecular weight is 440 g/mol. The molecule has 1 N–H and O–H groups in total. The summed E-state index contributed by atoms with van der Waals surface area (Å²) in [5.41, 5.74) is 1.99. The van der Waals surface area contributed by atoms with Gasteiger partial charge < -0.3 is 14.8 Å². The fraction of sp³-hybridized carbons (Fsp3) is 0.100. The van der Waals surface area contributed by atoms with Crippen LogP contribution in [0.5, 0.6) is 11.5 Å². The first kappa shape index (κ1) is 18.7. The van der Waals surface area contributed by atoms with Crippen LogP contribution >= 0.6 is 23.4 Å². The number of ether oxygens (including phenoxy) is 2. The quantitative estimate of drug-likeness (QED) is 0.372. The number of para-hydroxylation sites is 1. The molecule has 8 nitrogen and oxygen atoms in total. The first-order valence-corrected chi connectivity index (χ1v) is 10.3. The van der Waals surface area contributed by atoms with Crippen molar-refractivity contribution < 1.29 is 14.3 Å². The van der Waals surface area contributed by atoms with Crippen molar-refractivity contribution in [2.75, 3.05) is 17.9 Å². The molecule has 30 heavy (non-hydrogen) atoms. The van der Waals surface area contributed by atoms with Crippen LogP contribution in [0.25, 0.3) is 16.7 Å². The summed E-state index contributed by atoms with van der Waals surface area (Å²) in [7, 11) is 0. The van der Waals surface area contributed by atoms with Gasteiger partial charge in [-0.05, 0) is 24.3 Å². The minimum Gasteiger partial charge on any atom is -0.454 e. The fourth-order valence-corrected chi connectivity index (χ4v) is 4.02. The maximum Gasteiger partial charge on any atom is 0.234 e. The third kappa shape index (κ3) is 3.53. The highest BCUT2D eigenvalue weighted by molar-refractivity contribution is 8.00. The Morgan fingerprint density at radius 2 is 2.03 bits per heavy atom. The predicted octanol–water partition coefficient (Wildman–Crippen LogP) is 3.93. The molecule has 150 valence electrons. The smallest absolute Gasteiger partial charge is 0.234 e. The number of halogens is 1. The molecule has 0 bridgehead atoms. The summed E-state index contributed by atoms with van der Waals surface area (Å²) in [5, 5.41) is 9.24. The minimum absolute atomic E-state index is 0.163. The molecule has 0 saturated carbocycles. The van der Waals surface area contributed by atoms with Crippen molar-refractivity contribution in [2.24, 2.45) is 0 Å². The molecule has 2 aromatic heterocycles. The van der Waals surface area contributed by atoms with Crippen molar-refractivity contribution in [1.82, 2.24) is 19.7 Å². The number of aromatic nitrogens is 4. The van der Waals surface area contributed by atoms with Gasteiger partial charge in [0, 0.05) is 11.8 Å². The van der Waals surface area contributed by atoms with Crippen LogP contribution in [-0.2, 0) is 4.79 Å². The number of amides is 1. The molecular weight excluding hydrogens is 426 g/mol. The van der Waals surface area contributed by atoms with Crippen molar-refractivity contribution in [1.29, 1.82) is 0 Å². The Labute approximate surface area is 180 Å². The predicted molar refractivity (Wildman–Crippen MR) is 114 cm³/mol. The van der Waals surface area contributed by atoms with Gasteiger partial charge in [-0.3, -0.25) is 4.79 Å². The van der Waals surface area contributed by atoms with Gasteiger partial charge in [-0.25, -0.2) is 14.6 Å². The summed E-state index contributed by atoms with van der Waals surface area (Å²) in [6.07, 6.45) is 3.13. The second-order valence-electron chi connectivity index (χ2n) is 6.33. The third-order valence-corrected chi connectivity index (χ3v) is 5.73. The Morgan fingerprint density at radius 1 is 1.17 bits per heavy atom. The minimum atomic E-state index is -0.163. The molecule has 1 aliphatic rings. The van der Waals surface area contributed by atoms with Gasteiger partial charge in [-0.15, -0.1) is 0 Å². The van der Waals surface area contributed by atoms with E-state index in [4.69, 9.17) is 21.1 Å². The molecule has 1 aliphatic heterocycles. The number of rotatable bonds is 5. The normalized spacial score (nSPS) is 12.3. The standard InChI is InChI=1S/C20H14ClN5O3S/c21-14-3-1-2-4-15(14)26-19-13(8-24-26)20(23-10-22-19)30-9-18(27)25-12-5-6-16-17(7-12)29-11-28-16/h1-8,10H,9,11H2,(H,25,27). The van der Waals surface area contributed by atoms with E-state index in [1.165, 1.54) is 18.1 Å². The zero-order valence-corrected chi connectivity index (χ0v) is 17.0. The van der Waals surface area contributed by atoms with Crippen molar-refractivity contribution in [3.05, 3.63) is 60.0 Å². The highest BCUT2D eigenvalue weighted by atomic mass is 35.5. The van der Waals surface area contributed by atoms with Crippen LogP contribution in [0.3, 0.4) is 0 Å². The molecular formula is C20H14ClN5O3S. The van der Waals surface area contributed by atoms with Crippen molar-refractivity contribution in [3.63, 3.8) is 0 Å². The number of nitrogens with one attached hydrogen (secondary N) is 1. The Bertz CT molecular complexity index is 1260. The van der Waals surface area contributed by atoms with Crippen LogP contribution < -0.4 is 14.8 Å². The number of thioether (sulfide) groups is 1. The van der Waals surface area contributed by atoms with E-state index in [9.17, 15) is 4.79 Å². The molecule has 10 heteroatoms. The lowest BCUT2D eigenvalue weighted by molar-refractivity contribution is -0.113. The molecule has 0 unspecified atom stereocenters. The van der Waals surface area contributed by atoms with Crippen molar-refractivity contribution in [2.45, 2.75) is 5.03 Å². The topological polar surface area (TPSA) is 91.2 Å². The number of fused-ring (bicyclic) bond motifs is 2. The summed E-state index contributed by atoms with van der Waals surface area (Å²) in [4.78, 5) is 21.1. The van der Waals surface area contributed by atoms with Gasteiger partial charge in [-0.2, -0.15) is 5.10 Å². The number of nitrogens with zero attached hydrogens (tertiary/aromatic N) is 4. The zero-order chi connectivity index (χ0) is 20.5. The van der Waals surface area contributed by atoms with Crippen molar-refractivity contribution in [3.8, 4) is 17.2 Å². The van der Waals surface area contributed by atoms with Gasteiger partial charge in [0.05, 0.1) is 28.0 Å². The van der Waals surface area contributed by atoms with E-state index in [-0.39, 0.29) is 18.5 Å². The number of hydrogen-bond acceptors (Lipinski definition) is 7. The third-order valence-electron chi connectivity index (χ3n) is 4.41. The molecule has 2 aromatic carbocycles. The maximum absolute atomic E-state index is 12.4. The zero-order valence-electron chi connectivity index (χ0n) is 15.4. The monoisotopic (exact) mass is 439 g/mol. The summed E-state index contributed by atoms with van der Waals surface area (Å²) >= 11 is 7.60. The van der Waals surface area contributed by atoms with E-state index >= 15 is 0 Å². The van der Waals surface area contributed by atoms with Gasteiger partial charge in [0.15, 0.2) is 17.1 Å². The van der Waals surface area contributed by atoms with Gasteiger partial charge in [0.1, 0.15) is 11.4 Å². The SMILES string of the molecule is O=C(CSc1ncnc2c1cnn2-c1ccccc1Cl)Nc1ccc2c(c1)OCO2. The molecule has 3 heterocycles. The molecule has 0 aliphatic carbocycles. The van der Waals surface area contributed by atoms with E-state index in [1.54, 1.807) is 35.1 Å². The fourth-order valence-electron chi connectivity index (χ4n) is 3.04. The molecule has 0 radical (unpaired) electrons. The summed E-state index contributed by atoms with van der Waals surface area (Å²) in [6, 6.07) is 12.7. The number of carbonyl (C=O) groups excluding carboxylic acids is 1. The second-order valence-corrected chi connectivity index (χ2v) is 7.70. The largest absolute Gasteiger partial charge is 0.454 e. The lowest BCUT2D eigenvalue weighted by atomic mass is 10.3. The van der Waals surface area contributed by atoms with Crippen LogP contribution in [0.2, 0.25) is 5.02 Å². The highest BCUT2D eigenvalue weighted by Crippen LogP contribution is 2.34. The first-order chi connectivity index (χ1) is 14.7. The highest BCUT2D eigenvalue weighted by Gasteiger charge is 2.16. The van der Waals surface area contributed by atoms with E-state index in [0.29, 0.717) is 32.9 Å². The number of anilines is 1. The van der Waals surface area contributed by atoms with E-state index in [1.807, 2.05) is 18.2 Å². The van der Waals surface area contributed by atoms with Gasteiger partial charge in [0.25, 0.3) is 0 Å². The van der Waals surface area contributed by atoms with Crippen LogP contribution in [0.1, 0.15) is 0 Å². The van der Waals surface area contributed by atoms with Gasteiger partial charge in [-0.1, -0.05) is 35.5 Å².